The Morgan fingerprint density at radius 3 is 2.44 bits per heavy atom. The molecule has 2 heterocycles. The lowest BCUT2D eigenvalue weighted by molar-refractivity contribution is 0.0984. The number of pyridine rings is 1. The summed E-state index contributed by atoms with van der Waals surface area (Å²) in [5.41, 5.74) is 5.95. The van der Waals surface area contributed by atoms with Crippen molar-refractivity contribution in [2.75, 3.05) is 10.6 Å². The number of benzene rings is 2. The summed E-state index contributed by atoms with van der Waals surface area (Å²) in [6.07, 6.45) is 2.98. The average Bonchev–Trinajstić information content (AvgIpc) is 2.89. The number of nitrogens with one attached hydrogen (secondary N) is 1. The number of anilines is 2. The Labute approximate surface area is 207 Å². The van der Waals surface area contributed by atoms with Crippen LogP contribution in [0.3, 0.4) is 0 Å². The molecule has 0 aliphatic rings. The number of aromatic nitrogens is 3. The molecular formula is C27H27N5O4. The molecular weight excluding hydrogens is 458 g/mol. The van der Waals surface area contributed by atoms with E-state index in [0.29, 0.717) is 18.7 Å². The topological polar surface area (TPSA) is 123 Å². The minimum absolute atomic E-state index is 0.0590. The SMILES string of the molecule is CCCCn1c(N)c(N(Cc2ccccc2)C(=O)c2ccnc(Oc3ccccc3)c2)c(=O)[nH]c1=O. The summed E-state index contributed by atoms with van der Waals surface area (Å²) in [5, 5.41) is 0. The molecule has 0 aliphatic heterocycles. The van der Waals surface area contributed by atoms with E-state index in [1.54, 1.807) is 12.1 Å². The molecule has 2 aromatic heterocycles. The fourth-order valence-electron chi connectivity index (χ4n) is 3.76. The van der Waals surface area contributed by atoms with E-state index >= 15 is 0 Å². The number of amides is 1. The summed E-state index contributed by atoms with van der Waals surface area (Å²) >= 11 is 0. The predicted octanol–water partition coefficient (Wildman–Crippen LogP) is 3.95. The van der Waals surface area contributed by atoms with E-state index in [2.05, 4.69) is 9.97 Å². The summed E-state index contributed by atoms with van der Waals surface area (Å²) in [5.74, 6) is 0.245. The molecule has 0 saturated heterocycles. The van der Waals surface area contributed by atoms with Gasteiger partial charge in [-0.3, -0.25) is 24.0 Å². The van der Waals surface area contributed by atoms with Gasteiger partial charge in [-0.15, -0.1) is 0 Å². The number of carbonyl (C=O) groups excluding carboxylic acids is 1. The summed E-state index contributed by atoms with van der Waals surface area (Å²) in [6, 6.07) is 21.3. The second-order valence-electron chi connectivity index (χ2n) is 8.17. The fraction of sp³-hybridized carbons (Fsp3) is 0.185. The number of hydrogen-bond acceptors (Lipinski definition) is 6. The third-order valence-corrected chi connectivity index (χ3v) is 5.60. The van der Waals surface area contributed by atoms with Gasteiger partial charge in [-0.2, -0.15) is 0 Å². The van der Waals surface area contributed by atoms with Crippen LogP contribution in [0.15, 0.2) is 88.6 Å². The van der Waals surface area contributed by atoms with Gasteiger partial charge in [0.2, 0.25) is 5.88 Å². The van der Waals surface area contributed by atoms with Gasteiger partial charge >= 0.3 is 5.69 Å². The molecule has 0 fully saturated rings. The van der Waals surface area contributed by atoms with Gasteiger partial charge in [-0.1, -0.05) is 61.9 Å². The number of carbonyl (C=O) groups is 1. The number of nitrogens with zero attached hydrogens (tertiary/aromatic N) is 3. The first-order valence-electron chi connectivity index (χ1n) is 11.6. The molecule has 1 amide bonds. The highest BCUT2D eigenvalue weighted by molar-refractivity contribution is 6.07. The highest BCUT2D eigenvalue weighted by atomic mass is 16.5. The van der Waals surface area contributed by atoms with Crippen LogP contribution in [0.5, 0.6) is 11.6 Å². The van der Waals surface area contributed by atoms with Crippen molar-refractivity contribution in [3.8, 4) is 11.6 Å². The smallest absolute Gasteiger partial charge is 0.330 e. The molecule has 3 N–H and O–H groups in total. The lowest BCUT2D eigenvalue weighted by Gasteiger charge is -2.25. The first-order valence-corrected chi connectivity index (χ1v) is 11.6. The van der Waals surface area contributed by atoms with Crippen LogP contribution in [0.4, 0.5) is 11.5 Å². The lowest BCUT2D eigenvalue weighted by Crippen LogP contribution is -2.41. The van der Waals surface area contributed by atoms with Gasteiger partial charge in [0.1, 0.15) is 11.6 Å². The van der Waals surface area contributed by atoms with Crippen LogP contribution in [0.2, 0.25) is 0 Å². The number of nitrogen functional groups attached to an aromatic ring is 1. The van der Waals surface area contributed by atoms with E-state index in [0.717, 1.165) is 12.0 Å². The number of nitrogens with two attached hydrogens (primary N) is 1. The van der Waals surface area contributed by atoms with E-state index in [1.165, 1.54) is 27.8 Å². The molecule has 0 saturated carbocycles. The zero-order valence-corrected chi connectivity index (χ0v) is 19.9. The lowest BCUT2D eigenvalue weighted by atomic mass is 10.1. The number of rotatable bonds is 9. The number of ether oxygens (including phenoxy) is 1. The second-order valence-corrected chi connectivity index (χ2v) is 8.17. The molecule has 0 unspecified atom stereocenters. The average molecular weight is 486 g/mol. The second kappa shape index (κ2) is 11.2. The predicted molar refractivity (Wildman–Crippen MR) is 138 cm³/mol. The maximum absolute atomic E-state index is 13.8. The van der Waals surface area contributed by atoms with E-state index in [-0.39, 0.29) is 29.5 Å². The molecule has 0 spiro atoms. The summed E-state index contributed by atoms with van der Waals surface area (Å²) in [7, 11) is 0. The van der Waals surface area contributed by atoms with Crippen LogP contribution < -0.4 is 26.6 Å². The van der Waals surface area contributed by atoms with Crippen LogP contribution in [0.1, 0.15) is 35.7 Å². The van der Waals surface area contributed by atoms with Crippen molar-refractivity contribution < 1.29 is 9.53 Å². The molecule has 0 radical (unpaired) electrons. The first-order chi connectivity index (χ1) is 17.5. The largest absolute Gasteiger partial charge is 0.439 e. The van der Waals surface area contributed by atoms with E-state index < -0.39 is 17.2 Å². The number of H-pyrrole nitrogens is 1. The van der Waals surface area contributed by atoms with Gasteiger partial charge in [0.15, 0.2) is 5.69 Å². The van der Waals surface area contributed by atoms with Crippen LogP contribution in [0, 0.1) is 0 Å². The van der Waals surface area contributed by atoms with Crippen LogP contribution in [-0.2, 0) is 13.1 Å². The number of para-hydroxylation sites is 1. The molecule has 9 heteroatoms. The summed E-state index contributed by atoms with van der Waals surface area (Å²) in [6.45, 7) is 2.37. The zero-order chi connectivity index (χ0) is 25.5. The van der Waals surface area contributed by atoms with E-state index in [1.807, 2.05) is 55.5 Å². The van der Waals surface area contributed by atoms with Crippen molar-refractivity contribution in [1.82, 2.24) is 14.5 Å². The Morgan fingerprint density at radius 2 is 1.75 bits per heavy atom. The van der Waals surface area contributed by atoms with Crippen molar-refractivity contribution in [3.05, 3.63) is 111 Å². The van der Waals surface area contributed by atoms with Gasteiger partial charge in [-0.05, 0) is 30.2 Å². The van der Waals surface area contributed by atoms with E-state index in [4.69, 9.17) is 10.5 Å². The number of aromatic amines is 1. The summed E-state index contributed by atoms with van der Waals surface area (Å²) < 4.78 is 7.07. The van der Waals surface area contributed by atoms with Gasteiger partial charge in [-0.25, -0.2) is 9.78 Å². The van der Waals surface area contributed by atoms with Gasteiger partial charge < -0.3 is 10.5 Å². The van der Waals surface area contributed by atoms with Gasteiger partial charge in [0.05, 0.1) is 6.54 Å². The van der Waals surface area contributed by atoms with Crippen molar-refractivity contribution in [2.24, 2.45) is 0 Å². The molecule has 0 atom stereocenters. The first kappa shape index (κ1) is 24.5. The molecule has 184 valence electrons. The third kappa shape index (κ3) is 5.52. The molecule has 4 aromatic rings. The standard InChI is InChI=1S/C27H27N5O4/c1-2-3-16-31-24(28)23(25(33)30-27(31)35)32(18-19-10-6-4-7-11-19)26(34)20-14-15-29-22(17-20)36-21-12-8-5-9-13-21/h4-15,17H,2-3,16,18,28H2,1H3,(H,30,33,35). The highest BCUT2D eigenvalue weighted by Crippen LogP contribution is 2.25. The van der Waals surface area contributed by atoms with Gasteiger partial charge in [0, 0.05) is 24.4 Å². The molecule has 9 nitrogen and oxygen atoms in total. The van der Waals surface area contributed by atoms with E-state index in [9.17, 15) is 14.4 Å². The Balaban J connectivity index is 1.77. The normalized spacial score (nSPS) is 10.7. The van der Waals surface area contributed by atoms with Crippen molar-refractivity contribution in [1.29, 1.82) is 0 Å². The number of unbranched alkanes of at least 4 members (excludes halogenated alkanes) is 1. The van der Waals surface area contributed by atoms with Crippen molar-refractivity contribution >= 4 is 17.4 Å². The quantitative estimate of drug-likeness (QED) is 0.370. The molecule has 0 bridgehead atoms. The Kier molecular flexibility index (Phi) is 7.60. The molecule has 2 aromatic carbocycles. The Morgan fingerprint density at radius 1 is 1.06 bits per heavy atom. The minimum atomic E-state index is -0.732. The maximum Gasteiger partial charge on any atom is 0.330 e. The van der Waals surface area contributed by atoms with Crippen LogP contribution in [-0.4, -0.2) is 20.4 Å². The monoisotopic (exact) mass is 485 g/mol. The zero-order valence-electron chi connectivity index (χ0n) is 19.9. The fourth-order valence-corrected chi connectivity index (χ4v) is 3.76. The molecule has 0 aliphatic carbocycles. The van der Waals surface area contributed by atoms with Crippen LogP contribution >= 0.6 is 0 Å². The maximum atomic E-state index is 13.8. The van der Waals surface area contributed by atoms with Crippen molar-refractivity contribution in [3.63, 3.8) is 0 Å². The third-order valence-electron chi connectivity index (χ3n) is 5.60. The Bertz CT molecular complexity index is 1450. The van der Waals surface area contributed by atoms with Crippen molar-refractivity contribution in [2.45, 2.75) is 32.9 Å². The van der Waals surface area contributed by atoms with Gasteiger partial charge in [0.25, 0.3) is 11.5 Å². The Hall–Kier alpha value is -4.66. The molecule has 36 heavy (non-hydrogen) atoms. The van der Waals surface area contributed by atoms with Crippen LogP contribution in [0.25, 0.3) is 0 Å². The highest BCUT2D eigenvalue weighted by Gasteiger charge is 2.26. The number of hydrogen-bond donors (Lipinski definition) is 2. The minimum Gasteiger partial charge on any atom is -0.439 e. The molecule has 4 rings (SSSR count). The summed E-state index contributed by atoms with van der Waals surface area (Å²) in [4.78, 5) is 47.1.